The van der Waals surface area contributed by atoms with Crippen molar-refractivity contribution < 1.29 is 14.0 Å². The van der Waals surface area contributed by atoms with Crippen molar-refractivity contribution in [3.63, 3.8) is 0 Å². The third-order valence-corrected chi connectivity index (χ3v) is 3.54. The molecule has 0 bridgehead atoms. The zero-order chi connectivity index (χ0) is 15.0. The van der Waals surface area contributed by atoms with Crippen LogP contribution in [0, 0.1) is 5.82 Å². The average molecular weight is 305 g/mol. The number of benzene rings is 2. The molecule has 0 aromatic heterocycles. The van der Waals surface area contributed by atoms with Crippen molar-refractivity contribution >= 4 is 29.2 Å². The minimum absolute atomic E-state index is 0.0901. The fourth-order valence-corrected chi connectivity index (χ4v) is 2.50. The van der Waals surface area contributed by atoms with Gasteiger partial charge in [0, 0.05) is 5.69 Å². The van der Waals surface area contributed by atoms with Crippen LogP contribution in [0.1, 0.15) is 11.6 Å². The SMILES string of the molecule is O=C1NC(=O)N(c2ccccc2)C1c1ccc(F)c(Cl)c1. The first-order valence-corrected chi connectivity index (χ1v) is 6.60. The van der Waals surface area contributed by atoms with Crippen LogP contribution in [-0.4, -0.2) is 11.9 Å². The zero-order valence-electron chi connectivity index (χ0n) is 10.7. The van der Waals surface area contributed by atoms with Gasteiger partial charge < -0.3 is 0 Å². The second-order valence-electron chi connectivity index (χ2n) is 4.58. The van der Waals surface area contributed by atoms with Gasteiger partial charge in [-0.3, -0.25) is 15.0 Å². The number of rotatable bonds is 2. The van der Waals surface area contributed by atoms with Gasteiger partial charge in [0.1, 0.15) is 11.9 Å². The molecule has 1 saturated heterocycles. The van der Waals surface area contributed by atoms with Gasteiger partial charge in [0.05, 0.1) is 5.02 Å². The van der Waals surface area contributed by atoms with E-state index in [-0.39, 0.29) is 5.02 Å². The monoisotopic (exact) mass is 304 g/mol. The molecule has 106 valence electrons. The summed E-state index contributed by atoms with van der Waals surface area (Å²) in [4.78, 5) is 25.4. The summed E-state index contributed by atoms with van der Waals surface area (Å²) in [6.45, 7) is 0. The molecule has 0 aliphatic carbocycles. The van der Waals surface area contributed by atoms with Crippen LogP contribution < -0.4 is 10.2 Å². The molecular formula is C15H10ClFN2O2. The largest absolute Gasteiger partial charge is 0.329 e. The molecule has 1 atom stereocenters. The Balaban J connectivity index is 2.07. The number of anilines is 1. The maximum Gasteiger partial charge on any atom is 0.329 e. The van der Waals surface area contributed by atoms with Gasteiger partial charge in [-0.15, -0.1) is 0 Å². The van der Waals surface area contributed by atoms with E-state index in [1.807, 2.05) is 6.07 Å². The van der Waals surface area contributed by atoms with Crippen LogP contribution in [0.4, 0.5) is 14.9 Å². The van der Waals surface area contributed by atoms with Crippen molar-refractivity contribution in [1.82, 2.24) is 5.32 Å². The molecule has 21 heavy (non-hydrogen) atoms. The lowest BCUT2D eigenvalue weighted by Crippen LogP contribution is -2.29. The van der Waals surface area contributed by atoms with E-state index in [9.17, 15) is 14.0 Å². The zero-order valence-corrected chi connectivity index (χ0v) is 11.5. The maximum atomic E-state index is 13.3. The topological polar surface area (TPSA) is 49.4 Å². The van der Waals surface area contributed by atoms with Crippen molar-refractivity contribution in [2.75, 3.05) is 4.90 Å². The molecule has 1 aliphatic heterocycles. The van der Waals surface area contributed by atoms with Gasteiger partial charge in [0.25, 0.3) is 5.91 Å². The normalized spacial score (nSPS) is 18.0. The number of para-hydroxylation sites is 1. The lowest BCUT2D eigenvalue weighted by Gasteiger charge is -2.22. The van der Waals surface area contributed by atoms with E-state index in [0.717, 1.165) is 0 Å². The third kappa shape index (κ3) is 2.36. The number of amides is 3. The molecule has 1 aliphatic rings. The minimum Gasteiger partial charge on any atom is -0.277 e. The number of urea groups is 1. The molecular weight excluding hydrogens is 295 g/mol. The van der Waals surface area contributed by atoms with Crippen LogP contribution in [0.15, 0.2) is 48.5 Å². The minimum atomic E-state index is -0.863. The highest BCUT2D eigenvalue weighted by atomic mass is 35.5. The van der Waals surface area contributed by atoms with Gasteiger partial charge in [0.15, 0.2) is 0 Å². The maximum absolute atomic E-state index is 13.3. The lowest BCUT2D eigenvalue weighted by molar-refractivity contribution is -0.119. The summed E-state index contributed by atoms with van der Waals surface area (Å²) in [6, 6.07) is 11.4. The van der Waals surface area contributed by atoms with Crippen molar-refractivity contribution in [2.24, 2.45) is 0 Å². The van der Waals surface area contributed by atoms with E-state index < -0.39 is 23.8 Å². The number of hydrogen-bond acceptors (Lipinski definition) is 2. The molecule has 2 aromatic carbocycles. The van der Waals surface area contributed by atoms with E-state index in [0.29, 0.717) is 11.3 Å². The van der Waals surface area contributed by atoms with Crippen molar-refractivity contribution in [1.29, 1.82) is 0 Å². The Morgan fingerprint density at radius 1 is 1.10 bits per heavy atom. The Bertz CT molecular complexity index is 721. The molecule has 6 heteroatoms. The molecule has 1 heterocycles. The Kier molecular flexibility index (Phi) is 3.35. The van der Waals surface area contributed by atoms with Gasteiger partial charge in [-0.2, -0.15) is 0 Å². The Labute approximate surface area is 125 Å². The van der Waals surface area contributed by atoms with Crippen LogP contribution in [-0.2, 0) is 4.79 Å². The van der Waals surface area contributed by atoms with E-state index >= 15 is 0 Å². The van der Waals surface area contributed by atoms with Crippen LogP contribution in [0.25, 0.3) is 0 Å². The smallest absolute Gasteiger partial charge is 0.277 e. The first-order chi connectivity index (χ1) is 10.1. The van der Waals surface area contributed by atoms with Crippen LogP contribution in [0.3, 0.4) is 0 Å². The van der Waals surface area contributed by atoms with Crippen LogP contribution in [0.2, 0.25) is 5.02 Å². The highest BCUT2D eigenvalue weighted by Crippen LogP contribution is 2.32. The Morgan fingerprint density at radius 2 is 1.81 bits per heavy atom. The van der Waals surface area contributed by atoms with Gasteiger partial charge in [-0.1, -0.05) is 35.9 Å². The Hall–Kier alpha value is -2.40. The molecule has 4 nitrogen and oxygen atoms in total. The van der Waals surface area contributed by atoms with Crippen molar-refractivity contribution in [3.05, 3.63) is 64.9 Å². The standard InChI is InChI=1S/C15H10ClFN2O2/c16-11-8-9(6-7-12(11)17)13-14(20)18-15(21)19(13)10-4-2-1-3-5-10/h1-8,13H,(H,18,20,21). The summed E-state index contributed by atoms with van der Waals surface area (Å²) < 4.78 is 13.3. The fourth-order valence-electron chi connectivity index (χ4n) is 2.31. The number of imide groups is 1. The second kappa shape index (κ2) is 5.18. The molecule has 0 radical (unpaired) electrons. The van der Waals surface area contributed by atoms with Crippen molar-refractivity contribution in [2.45, 2.75) is 6.04 Å². The van der Waals surface area contributed by atoms with E-state index in [2.05, 4.69) is 5.32 Å². The predicted octanol–water partition coefficient (Wildman–Crippen LogP) is 3.28. The Morgan fingerprint density at radius 3 is 2.48 bits per heavy atom. The highest BCUT2D eigenvalue weighted by Gasteiger charge is 2.40. The number of nitrogens with one attached hydrogen (secondary N) is 1. The molecule has 1 N–H and O–H groups in total. The molecule has 0 saturated carbocycles. The summed E-state index contributed by atoms with van der Waals surface area (Å²) in [7, 11) is 0. The van der Waals surface area contributed by atoms with Gasteiger partial charge >= 0.3 is 6.03 Å². The third-order valence-electron chi connectivity index (χ3n) is 3.25. The second-order valence-corrected chi connectivity index (χ2v) is 4.98. The number of carbonyl (C=O) groups is 2. The highest BCUT2D eigenvalue weighted by molar-refractivity contribution is 6.30. The quantitative estimate of drug-likeness (QED) is 0.866. The van der Waals surface area contributed by atoms with Crippen molar-refractivity contribution in [3.8, 4) is 0 Å². The van der Waals surface area contributed by atoms with Crippen LogP contribution in [0.5, 0.6) is 0 Å². The summed E-state index contributed by atoms with van der Waals surface area (Å²) in [5.41, 5.74) is 1.03. The van der Waals surface area contributed by atoms with E-state index in [4.69, 9.17) is 11.6 Å². The fraction of sp³-hybridized carbons (Fsp3) is 0.0667. The number of halogens is 2. The first-order valence-electron chi connectivity index (χ1n) is 6.22. The van der Waals surface area contributed by atoms with Gasteiger partial charge in [-0.05, 0) is 29.8 Å². The van der Waals surface area contributed by atoms with Gasteiger partial charge in [0.2, 0.25) is 0 Å². The molecule has 1 fully saturated rings. The summed E-state index contributed by atoms with van der Waals surface area (Å²) in [6.07, 6.45) is 0. The number of carbonyl (C=O) groups excluding carboxylic acids is 2. The van der Waals surface area contributed by atoms with Crippen LogP contribution >= 0.6 is 11.6 Å². The van der Waals surface area contributed by atoms with E-state index in [1.54, 1.807) is 24.3 Å². The number of nitrogens with zero attached hydrogens (tertiary/aromatic N) is 1. The summed E-state index contributed by atoms with van der Waals surface area (Å²) in [5.74, 6) is -1.04. The molecule has 1 unspecified atom stereocenters. The van der Waals surface area contributed by atoms with E-state index in [1.165, 1.54) is 23.1 Å². The number of hydrogen-bond donors (Lipinski definition) is 1. The first kappa shape index (κ1) is 13.6. The molecule has 3 rings (SSSR count). The molecule has 2 aromatic rings. The predicted molar refractivity (Wildman–Crippen MR) is 76.6 cm³/mol. The van der Waals surface area contributed by atoms with Gasteiger partial charge in [-0.25, -0.2) is 9.18 Å². The molecule has 3 amide bonds. The summed E-state index contributed by atoms with van der Waals surface area (Å²) >= 11 is 5.76. The summed E-state index contributed by atoms with van der Waals surface area (Å²) in [5, 5.41) is 2.17. The lowest BCUT2D eigenvalue weighted by atomic mass is 10.1. The molecule has 0 spiro atoms. The average Bonchev–Trinajstić information content (AvgIpc) is 2.77.